The third kappa shape index (κ3) is 4.16. The molecule has 2 rings (SSSR count). The van der Waals surface area contributed by atoms with Gasteiger partial charge in [0.05, 0.1) is 5.25 Å². The number of nitrogens with zero attached hydrogens (tertiary/aromatic N) is 1. The average molecular weight is 303 g/mol. The smallest absolute Gasteiger partial charge is 0.212 e. The lowest BCUT2D eigenvalue weighted by Gasteiger charge is -2.24. The first-order valence-electron chi connectivity index (χ1n) is 7.07. The fraction of sp³-hybridized carbons (Fsp3) is 0.294. The first kappa shape index (κ1) is 15.7. The van der Waals surface area contributed by atoms with Gasteiger partial charge in [-0.05, 0) is 25.0 Å². The summed E-state index contributed by atoms with van der Waals surface area (Å²) in [7, 11) is -3.30. The maximum absolute atomic E-state index is 12.6. The van der Waals surface area contributed by atoms with Gasteiger partial charge in [0.25, 0.3) is 0 Å². The number of rotatable bonds is 6. The molecular formula is C17H21NO2S. The average Bonchev–Trinajstić information content (AvgIpc) is 2.48. The molecule has 2 aromatic rings. The largest absolute Gasteiger partial charge is 0.217 e. The van der Waals surface area contributed by atoms with Crippen molar-refractivity contribution in [3.8, 4) is 0 Å². The highest BCUT2D eigenvalue weighted by molar-refractivity contribution is 7.89. The molecule has 0 unspecified atom stereocenters. The normalized spacial score (nSPS) is 12.0. The van der Waals surface area contributed by atoms with Gasteiger partial charge >= 0.3 is 0 Å². The van der Waals surface area contributed by atoms with Crippen molar-refractivity contribution in [1.29, 1.82) is 0 Å². The molecule has 3 nitrogen and oxygen atoms in total. The second kappa shape index (κ2) is 6.87. The predicted octanol–water partition coefficient (Wildman–Crippen LogP) is 3.43. The SMILES string of the molecule is CC(C)S(=O)(=O)N(Cc1ccccc1)Cc1ccccc1. The molecule has 0 saturated carbocycles. The van der Waals surface area contributed by atoms with E-state index in [1.807, 2.05) is 60.7 Å². The molecule has 0 atom stereocenters. The molecule has 0 aromatic heterocycles. The first-order chi connectivity index (χ1) is 10.00. The lowest BCUT2D eigenvalue weighted by molar-refractivity contribution is 0.396. The molecule has 0 saturated heterocycles. The van der Waals surface area contributed by atoms with E-state index in [0.717, 1.165) is 11.1 Å². The van der Waals surface area contributed by atoms with E-state index in [9.17, 15) is 8.42 Å². The van der Waals surface area contributed by atoms with Gasteiger partial charge in [-0.25, -0.2) is 8.42 Å². The Morgan fingerprint density at radius 3 is 1.52 bits per heavy atom. The van der Waals surface area contributed by atoms with E-state index in [1.54, 1.807) is 18.2 Å². The lowest BCUT2D eigenvalue weighted by Crippen LogP contribution is -2.35. The van der Waals surface area contributed by atoms with Crippen molar-refractivity contribution in [2.24, 2.45) is 0 Å². The summed E-state index contributed by atoms with van der Waals surface area (Å²) in [6.45, 7) is 4.24. The number of hydrogen-bond donors (Lipinski definition) is 0. The monoisotopic (exact) mass is 303 g/mol. The van der Waals surface area contributed by atoms with E-state index in [4.69, 9.17) is 0 Å². The van der Waals surface area contributed by atoms with Crippen molar-refractivity contribution in [3.05, 3.63) is 71.8 Å². The minimum Gasteiger partial charge on any atom is -0.212 e. The molecule has 0 N–H and O–H groups in total. The molecule has 0 spiro atoms. The van der Waals surface area contributed by atoms with Gasteiger partial charge in [0.2, 0.25) is 10.0 Å². The van der Waals surface area contributed by atoms with E-state index >= 15 is 0 Å². The van der Waals surface area contributed by atoms with Crippen molar-refractivity contribution in [3.63, 3.8) is 0 Å². The second-order valence-electron chi connectivity index (χ2n) is 5.33. The number of sulfonamides is 1. The van der Waals surface area contributed by atoms with E-state index in [0.29, 0.717) is 13.1 Å². The van der Waals surface area contributed by atoms with Crippen LogP contribution in [0.25, 0.3) is 0 Å². The molecule has 0 aliphatic carbocycles. The van der Waals surface area contributed by atoms with Crippen LogP contribution in [0.4, 0.5) is 0 Å². The molecule has 0 fully saturated rings. The summed E-state index contributed by atoms with van der Waals surface area (Å²) < 4.78 is 26.7. The van der Waals surface area contributed by atoms with E-state index in [-0.39, 0.29) is 0 Å². The van der Waals surface area contributed by atoms with Crippen LogP contribution in [0.1, 0.15) is 25.0 Å². The van der Waals surface area contributed by atoms with Crippen LogP contribution in [0.15, 0.2) is 60.7 Å². The zero-order chi connectivity index (χ0) is 15.3. The lowest BCUT2D eigenvalue weighted by atomic mass is 10.2. The molecule has 0 amide bonds. The third-order valence-corrected chi connectivity index (χ3v) is 5.53. The first-order valence-corrected chi connectivity index (χ1v) is 8.57. The maximum Gasteiger partial charge on any atom is 0.217 e. The highest BCUT2D eigenvalue weighted by atomic mass is 32.2. The minimum atomic E-state index is -3.30. The van der Waals surface area contributed by atoms with Crippen LogP contribution >= 0.6 is 0 Å². The van der Waals surface area contributed by atoms with Crippen LogP contribution in [-0.4, -0.2) is 18.0 Å². The zero-order valence-electron chi connectivity index (χ0n) is 12.4. The van der Waals surface area contributed by atoms with Crippen LogP contribution in [0, 0.1) is 0 Å². The topological polar surface area (TPSA) is 37.4 Å². The Kier molecular flexibility index (Phi) is 5.15. The Labute approximate surface area is 127 Å². The Hall–Kier alpha value is -1.65. The van der Waals surface area contributed by atoms with Gasteiger partial charge in [-0.15, -0.1) is 0 Å². The van der Waals surface area contributed by atoms with E-state index < -0.39 is 15.3 Å². The molecule has 0 aliphatic rings. The van der Waals surface area contributed by atoms with E-state index in [2.05, 4.69) is 0 Å². The highest BCUT2D eigenvalue weighted by Crippen LogP contribution is 2.17. The van der Waals surface area contributed by atoms with Gasteiger partial charge in [0.1, 0.15) is 0 Å². The van der Waals surface area contributed by atoms with Crippen LogP contribution in [0.3, 0.4) is 0 Å². The molecule has 0 aliphatic heterocycles. The quantitative estimate of drug-likeness (QED) is 0.820. The summed E-state index contributed by atoms with van der Waals surface area (Å²) in [5.41, 5.74) is 2.00. The van der Waals surface area contributed by atoms with Gasteiger partial charge in [-0.2, -0.15) is 4.31 Å². The highest BCUT2D eigenvalue weighted by Gasteiger charge is 2.25. The van der Waals surface area contributed by atoms with Gasteiger partial charge in [-0.1, -0.05) is 60.7 Å². The summed E-state index contributed by atoms with van der Waals surface area (Å²) in [5.74, 6) is 0. The number of hydrogen-bond acceptors (Lipinski definition) is 2. The third-order valence-electron chi connectivity index (χ3n) is 3.36. The molecule has 2 aromatic carbocycles. The summed E-state index contributed by atoms with van der Waals surface area (Å²) >= 11 is 0. The van der Waals surface area contributed by atoms with Gasteiger partial charge < -0.3 is 0 Å². The van der Waals surface area contributed by atoms with Crippen molar-refractivity contribution < 1.29 is 8.42 Å². The fourth-order valence-electron chi connectivity index (χ4n) is 2.11. The van der Waals surface area contributed by atoms with Crippen LogP contribution in [0.5, 0.6) is 0 Å². The van der Waals surface area contributed by atoms with Gasteiger partial charge in [0.15, 0.2) is 0 Å². The summed E-state index contributed by atoms with van der Waals surface area (Å²) in [5, 5.41) is -0.426. The molecular weight excluding hydrogens is 282 g/mol. The van der Waals surface area contributed by atoms with Crippen molar-refractivity contribution in [2.75, 3.05) is 0 Å². The molecule has 4 heteroatoms. The van der Waals surface area contributed by atoms with Crippen LogP contribution in [-0.2, 0) is 23.1 Å². The predicted molar refractivity (Wildman–Crippen MR) is 86.2 cm³/mol. The Balaban J connectivity index is 2.27. The van der Waals surface area contributed by atoms with Crippen molar-refractivity contribution in [2.45, 2.75) is 32.2 Å². The summed E-state index contributed by atoms with van der Waals surface area (Å²) in [6, 6.07) is 19.4. The van der Waals surface area contributed by atoms with Crippen LogP contribution < -0.4 is 0 Å². The van der Waals surface area contributed by atoms with Crippen LogP contribution in [0.2, 0.25) is 0 Å². The van der Waals surface area contributed by atoms with Gasteiger partial charge in [-0.3, -0.25) is 0 Å². The molecule has 0 heterocycles. The number of benzene rings is 2. The molecule has 0 bridgehead atoms. The Bertz CT molecular complexity index is 610. The Morgan fingerprint density at radius 1 is 0.810 bits per heavy atom. The maximum atomic E-state index is 12.6. The molecule has 0 radical (unpaired) electrons. The fourth-order valence-corrected chi connectivity index (χ4v) is 3.36. The van der Waals surface area contributed by atoms with E-state index in [1.165, 1.54) is 0 Å². The van der Waals surface area contributed by atoms with Gasteiger partial charge in [0, 0.05) is 13.1 Å². The zero-order valence-corrected chi connectivity index (χ0v) is 13.3. The standard InChI is InChI=1S/C17H21NO2S/c1-15(2)21(19,20)18(13-16-9-5-3-6-10-16)14-17-11-7-4-8-12-17/h3-12,15H,13-14H2,1-2H3. The summed E-state index contributed by atoms with van der Waals surface area (Å²) in [6.07, 6.45) is 0. The Morgan fingerprint density at radius 2 is 1.19 bits per heavy atom. The van der Waals surface area contributed by atoms with Crippen molar-refractivity contribution in [1.82, 2.24) is 4.31 Å². The second-order valence-corrected chi connectivity index (χ2v) is 7.82. The molecule has 21 heavy (non-hydrogen) atoms. The minimum absolute atomic E-state index is 0.399. The molecule has 112 valence electrons. The van der Waals surface area contributed by atoms with Crippen molar-refractivity contribution >= 4 is 10.0 Å². The summed E-state index contributed by atoms with van der Waals surface area (Å²) in [4.78, 5) is 0.